The van der Waals surface area contributed by atoms with Gasteiger partial charge in [0.25, 0.3) is 5.91 Å². The predicted molar refractivity (Wildman–Crippen MR) is 96.0 cm³/mol. The number of hydrogen-bond donors (Lipinski definition) is 1. The molecule has 0 atom stereocenters. The van der Waals surface area contributed by atoms with E-state index in [1.165, 1.54) is 5.56 Å². The van der Waals surface area contributed by atoms with Crippen LogP contribution in [0.4, 0.5) is 5.95 Å². The molecule has 0 aliphatic rings. The Kier molecular flexibility index (Phi) is 5.31. The lowest BCUT2D eigenvalue weighted by molar-refractivity contribution is 0.0950. The van der Waals surface area contributed by atoms with Crippen LogP contribution in [0.3, 0.4) is 0 Å². The van der Waals surface area contributed by atoms with Gasteiger partial charge < -0.3 is 10.2 Å². The van der Waals surface area contributed by atoms with Gasteiger partial charge in [-0.05, 0) is 23.3 Å². The van der Waals surface area contributed by atoms with Crippen LogP contribution in [-0.4, -0.2) is 27.9 Å². The third kappa shape index (κ3) is 4.60. The zero-order valence-electron chi connectivity index (χ0n) is 14.0. The fraction of sp³-hybridized carbons (Fsp3) is 0.158. The number of carbonyl (C=O) groups excluding carboxylic acids is 1. The summed E-state index contributed by atoms with van der Waals surface area (Å²) in [5.41, 5.74) is 2.60. The van der Waals surface area contributed by atoms with Gasteiger partial charge in [0.2, 0.25) is 5.95 Å². The van der Waals surface area contributed by atoms with E-state index < -0.39 is 0 Å². The number of aromatic nitrogens is 3. The van der Waals surface area contributed by atoms with E-state index in [0.29, 0.717) is 24.6 Å². The fourth-order valence-electron chi connectivity index (χ4n) is 2.35. The molecule has 1 amide bonds. The second-order valence-electron chi connectivity index (χ2n) is 5.65. The van der Waals surface area contributed by atoms with Crippen LogP contribution in [-0.2, 0) is 13.1 Å². The molecule has 0 aliphatic heterocycles. The third-order valence-corrected chi connectivity index (χ3v) is 3.71. The second kappa shape index (κ2) is 8.01. The van der Waals surface area contributed by atoms with Gasteiger partial charge in [-0.25, -0.2) is 9.97 Å². The minimum absolute atomic E-state index is 0.200. The predicted octanol–water partition coefficient (Wildman–Crippen LogP) is 2.44. The highest BCUT2D eigenvalue weighted by Gasteiger charge is 2.09. The first kappa shape index (κ1) is 16.6. The molecule has 6 heteroatoms. The summed E-state index contributed by atoms with van der Waals surface area (Å²) in [6.07, 6.45) is 6.49. The maximum absolute atomic E-state index is 12.2. The molecule has 126 valence electrons. The molecule has 3 rings (SSSR count). The van der Waals surface area contributed by atoms with Crippen molar-refractivity contribution in [3.63, 3.8) is 0 Å². The van der Waals surface area contributed by atoms with Crippen LogP contribution >= 0.6 is 0 Å². The molecular formula is C19H19N5O. The molecule has 0 spiro atoms. The minimum Gasteiger partial charge on any atom is -0.348 e. The molecule has 6 nitrogen and oxygen atoms in total. The van der Waals surface area contributed by atoms with Gasteiger partial charge in [-0.15, -0.1) is 0 Å². The van der Waals surface area contributed by atoms with Crippen LogP contribution in [0.1, 0.15) is 21.5 Å². The van der Waals surface area contributed by atoms with E-state index in [0.717, 1.165) is 5.56 Å². The van der Waals surface area contributed by atoms with Crippen molar-refractivity contribution < 1.29 is 4.79 Å². The van der Waals surface area contributed by atoms with Crippen molar-refractivity contribution in [2.24, 2.45) is 0 Å². The van der Waals surface area contributed by atoms with Crippen molar-refractivity contribution in [1.29, 1.82) is 0 Å². The van der Waals surface area contributed by atoms with Gasteiger partial charge >= 0.3 is 0 Å². The van der Waals surface area contributed by atoms with Crippen molar-refractivity contribution in [3.05, 3.63) is 83.9 Å². The summed E-state index contributed by atoms with van der Waals surface area (Å²) in [7, 11) is 1.92. The van der Waals surface area contributed by atoms with Crippen molar-refractivity contribution in [2.75, 3.05) is 11.9 Å². The first-order chi connectivity index (χ1) is 12.2. The number of amides is 1. The Bertz CT molecular complexity index is 806. The van der Waals surface area contributed by atoms with Crippen LogP contribution in [0, 0.1) is 0 Å². The average molecular weight is 333 g/mol. The Morgan fingerprint density at radius 2 is 1.68 bits per heavy atom. The molecule has 0 saturated heterocycles. The van der Waals surface area contributed by atoms with Gasteiger partial charge in [-0.2, -0.15) is 0 Å². The van der Waals surface area contributed by atoms with Crippen molar-refractivity contribution >= 4 is 11.9 Å². The highest BCUT2D eigenvalue weighted by Crippen LogP contribution is 2.10. The SMILES string of the molecule is CN(Cc1ccccc1)c1ncc(C(=O)NCc2ccncc2)cn1. The molecule has 0 bridgehead atoms. The van der Waals surface area contributed by atoms with E-state index in [9.17, 15) is 4.79 Å². The molecular weight excluding hydrogens is 314 g/mol. The highest BCUT2D eigenvalue weighted by atomic mass is 16.1. The number of pyridine rings is 1. The van der Waals surface area contributed by atoms with Crippen LogP contribution in [0.2, 0.25) is 0 Å². The molecule has 0 unspecified atom stereocenters. The largest absolute Gasteiger partial charge is 0.348 e. The number of rotatable bonds is 6. The van der Waals surface area contributed by atoms with Gasteiger partial charge in [-0.1, -0.05) is 30.3 Å². The summed E-state index contributed by atoms with van der Waals surface area (Å²) in [6.45, 7) is 1.14. The van der Waals surface area contributed by atoms with Crippen LogP contribution in [0.25, 0.3) is 0 Å². The van der Waals surface area contributed by atoms with Gasteiger partial charge in [0.1, 0.15) is 0 Å². The zero-order valence-corrected chi connectivity index (χ0v) is 14.0. The molecule has 2 heterocycles. The normalized spacial score (nSPS) is 10.3. The van der Waals surface area contributed by atoms with Crippen LogP contribution in [0.15, 0.2) is 67.3 Å². The maximum Gasteiger partial charge on any atom is 0.254 e. The molecule has 0 radical (unpaired) electrons. The topological polar surface area (TPSA) is 71.0 Å². The number of nitrogens with zero attached hydrogens (tertiary/aromatic N) is 4. The zero-order chi connectivity index (χ0) is 17.5. The number of nitrogens with one attached hydrogen (secondary N) is 1. The van der Waals surface area contributed by atoms with Crippen LogP contribution < -0.4 is 10.2 Å². The molecule has 25 heavy (non-hydrogen) atoms. The van der Waals surface area contributed by atoms with Gasteiger partial charge in [0.15, 0.2) is 0 Å². The summed E-state index contributed by atoms with van der Waals surface area (Å²) in [5, 5.41) is 2.84. The Morgan fingerprint density at radius 1 is 1.00 bits per heavy atom. The quantitative estimate of drug-likeness (QED) is 0.750. The van der Waals surface area contributed by atoms with E-state index in [-0.39, 0.29) is 5.91 Å². The minimum atomic E-state index is -0.200. The summed E-state index contributed by atoms with van der Waals surface area (Å²) >= 11 is 0. The summed E-state index contributed by atoms with van der Waals surface area (Å²) in [6, 6.07) is 13.8. The first-order valence-electron chi connectivity index (χ1n) is 7.96. The van der Waals surface area contributed by atoms with E-state index >= 15 is 0 Å². The molecule has 0 saturated carbocycles. The monoisotopic (exact) mass is 333 g/mol. The van der Waals surface area contributed by atoms with Crippen molar-refractivity contribution in [3.8, 4) is 0 Å². The van der Waals surface area contributed by atoms with Crippen molar-refractivity contribution in [2.45, 2.75) is 13.1 Å². The lowest BCUT2D eigenvalue weighted by Crippen LogP contribution is -2.24. The summed E-state index contributed by atoms with van der Waals surface area (Å²) in [4.78, 5) is 26.6. The number of carbonyl (C=O) groups is 1. The molecule has 0 aliphatic carbocycles. The number of hydrogen-bond acceptors (Lipinski definition) is 5. The Labute approximate surface area is 146 Å². The molecule has 1 aromatic carbocycles. The standard InChI is InChI=1S/C19H19N5O/c1-24(14-16-5-3-2-4-6-16)19-22-12-17(13-23-19)18(25)21-11-15-7-9-20-10-8-15/h2-10,12-13H,11,14H2,1H3,(H,21,25). The van der Waals surface area contributed by atoms with Gasteiger partial charge in [0, 0.05) is 44.9 Å². The van der Waals surface area contributed by atoms with Gasteiger partial charge in [-0.3, -0.25) is 9.78 Å². The maximum atomic E-state index is 12.2. The molecule has 1 N–H and O–H groups in total. The van der Waals surface area contributed by atoms with E-state index in [1.54, 1.807) is 24.8 Å². The molecule has 0 fully saturated rings. The van der Waals surface area contributed by atoms with E-state index in [4.69, 9.17) is 0 Å². The molecule has 3 aromatic rings. The van der Waals surface area contributed by atoms with E-state index in [1.807, 2.05) is 42.3 Å². The highest BCUT2D eigenvalue weighted by molar-refractivity contribution is 5.93. The lowest BCUT2D eigenvalue weighted by Gasteiger charge is -2.17. The Morgan fingerprint density at radius 3 is 2.36 bits per heavy atom. The number of anilines is 1. The lowest BCUT2D eigenvalue weighted by atomic mass is 10.2. The Hall–Kier alpha value is -3.28. The Balaban J connectivity index is 1.58. The van der Waals surface area contributed by atoms with E-state index in [2.05, 4.69) is 32.4 Å². The summed E-state index contributed by atoms with van der Waals surface area (Å²) in [5.74, 6) is 0.378. The summed E-state index contributed by atoms with van der Waals surface area (Å²) < 4.78 is 0. The molecule has 2 aromatic heterocycles. The first-order valence-corrected chi connectivity index (χ1v) is 7.96. The smallest absolute Gasteiger partial charge is 0.254 e. The number of benzene rings is 1. The van der Waals surface area contributed by atoms with Crippen LogP contribution in [0.5, 0.6) is 0 Å². The third-order valence-electron chi connectivity index (χ3n) is 3.71. The van der Waals surface area contributed by atoms with Crippen molar-refractivity contribution in [1.82, 2.24) is 20.3 Å². The second-order valence-corrected chi connectivity index (χ2v) is 5.65. The van der Waals surface area contributed by atoms with Gasteiger partial charge in [0.05, 0.1) is 5.56 Å². The average Bonchev–Trinajstić information content (AvgIpc) is 2.68. The fourth-order valence-corrected chi connectivity index (χ4v) is 2.35.